The van der Waals surface area contributed by atoms with Crippen molar-refractivity contribution in [2.24, 2.45) is 5.73 Å². The number of hydrogen-bond donors (Lipinski definition) is 2. The number of rotatable bonds is 3. The van der Waals surface area contributed by atoms with Gasteiger partial charge in [-0.15, -0.1) is 0 Å². The van der Waals surface area contributed by atoms with Gasteiger partial charge in [-0.25, -0.2) is 0 Å². The molecular weight excluding hydrogens is 308 g/mol. The summed E-state index contributed by atoms with van der Waals surface area (Å²) in [5.41, 5.74) is 15.9. The van der Waals surface area contributed by atoms with Crippen LogP contribution in [0.25, 0.3) is 22.3 Å². The van der Waals surface area contributed by atoms with Crippen LogP contribution in [0.2, 0.25) is 5.02 Å². The molecule has 0 aromatic heterocycles. The van der Waals surface area contributed by atoms with E-state index in [9.17, 15) is 4.79 Å². The summed E-state index contributed by atoms with van der Waals surface area (Å²) in [7, 11) is 0. The number of halogens is 1. The van der Waals surface area contributed by atoms with Gasteiger partial charge in [0.2, 0.25) is 0 Å². The highest BCUT2D eigenvalue weighted by Gasteiger charge is 2.14. The molecule has 4 heteroatoms. The zero-order chi connectivity index (χ0) is 16.4. The van der Waals surface area contributed by atoms with Crippen molar-refractivity contribution in [2.45, 2.75) is 0 Å². The number of amides is 1. The van der Waals surface area contributed by atoms with Crippen LogP contribution in [0, 0.1) is 0 Å². The highest BCUT2D eigenvalue weighted by molar-refractivity contribution is 6.30. The number of primary amides is 1. The van der Waals surface area contributed by atoms with Crippen LogP contribution in [0.5, 0.6) is 0 Å². The summed E-state index contributed by atoms with van der Waals surface area (Å²) >= 11 is 5.94. The Balaban J connectivity index is 2.24. The van der Waals surface area contributed by atoms with Crippen molar-refractivity contribution in [3.05, 3.63) is 77.3 Å². The molecule has 4 N–H and O–H groups in total. The molecular formula is C19H15ClN2O. The predicted molar refractivity (Wildman–Crippen MR) is 95.3 cm³/mol. The largest absolute Gasteiger partial charge is 0.398 e. The molecule has 0 heterocycles. The zero-order valence-electron chi connectivity index (χ0n) is 12.3. The molecule has 0 spiro atoms. The molecule has 0 saturated carbocycles. The minimum Gasteiger partial charge on any atom is -0.398 e. The second kappa shape index (κ2) is 6.15. The molecule has 0 aliphatic heterocycles. The minimum atomic E-state index is -0.546. The van der Waals surface area contributed by atoms with Gasteiger partial charge in [-0.1, -0.05) is 54.1 Å². The second-order valence-corrected chi connectivity index (χ2v) is 5.66. The van der Waals surface area contributed by atoms with Crippen LogP contribution in [-0.2, 0) is 0 Å². The number of hydrogen-bond acceptors (Lipinski definition) is 2. The van der Waals surface area contributed by atoms with Crippen LogP contribution in [0.15, 0.2) is 66.7 Å². The summed E-state index contributed by atoms with van der Waals surface area (Å²) in [6.07, 6.45) is 0. The summed E-state index contributed by atoms with van der Waals surface area (Å²) in [5, 5.41) is 0.655. The van der Waals surface area contributed by atoms with E-state index in [1.54, 1.807) is 18.2 Å². The van der Waals surface area contributed by atoms with Gasteiger partial charge in [-0.3, -0.25) is 4.79 Å². The summed E-state index contributed by atoms with van der Waals surface area (Å²) in [6, 6.07) is 20.7. The summed E-state index contributed by atoms with van der Waals surface area (Å²) in [5.74, 6) is -0.546. The molecule has 0 unspecified atom stereocenters. The van der Waals surface area contributed by atoms with Crippen molar-refractivity contribution in [3.8, 4) is 22.3 Å². The van der Waals surface area contributed by atoms with E-state index < -0.39 is 5.91 Å². The van der Waals surface area contributed by atoms with Gasteiger partial charge in [0.1, 0.15) is 0 Å². The molecule has 23 heavy (non-hydrogen) atoms. The fourth-order valence-electron chi connectivity index (χ4n) is 2.52. The minimum absolute atomic E-state index is 0.316. The van der Waals surface area contributed by atoms with E-state index in [2.05, 4.69) is 0 Å². The normalized spacial score (nSPS) is 10.5. The van der Waals surface area contributed by atoms with Gasteiger partial charge in [0.15, 0.2) is 0 Å². The van der Waals surface area contributed by atoms with Gasteiger partial charge in [0.05, 0.1) is 11.3 Å². The first-order valence-corrected chi connectivity index (χ1v) is 7.49. The Morgan fingerprint density at radius 1 is 0.826 bits per heavy atom. The maximum atomic E-state index is 11.8. The van der Waals surface area contributed by atoms with Crippen LogP contribution in [0.3, 0.4) is 0 Å². The first kappa shape index (κ1) is 15.1. The van der Waals surface area contributed by atoms with Crippen molar-refractivity contribution in [1.29, 1.82) is 0 Å². The number of carbonyl (C=O) groups is 1. The molecule has 0 saturated heterocycles. The quantitative estimate of drug-likeness (QED) is 0.704. The van der Waals surface area contributed by atoms with Crippen molar-refractivity contribution in [1.82, 2.24) is 0 Å². The fourth-order valence-corrected chi connectivity index (χ4v) is 2.65. The van der Waals surface area contributed by atoms with E-state index in [0.29, 0.717) is 16.3 Å². The third-order valence-corrected chi connectivity index (χ3v) is 3.96. The Morgan fingerprint density at radius 3 is 2.09 bits per heavy atom. The van der Waals surface area contributed by atoms with Gasteiger partial charge >= 0.3 is 0 Å². The summed E-state index contributed by atoms with van der Waals surface area (Å²) in [4.78, 5) is 11.8. The summed E-state index contributed by atoms with van der Waals surface area (Å²) < 4.78 is 0. The van der Waals surface area contributed by atoms with Crippen LogP contribution >= 0.6 is 11.6 Å². The first-order valence-electron chi connectivity index (χ1n) is 7.11. The standard InChI is InChI=1S/C19H15ClN2O/c20-15-8-6-12(7-9-15)14-10-16(13-4-2-1-3-5-13)18(21)17(11-14)19(22)23/h1-11H,21H2,(H2,22,23). The Labute approximate surface area is 139 Å². The molecule has 0 atom stereocenters. The molecule has 3 aromatic carbocycles. The maximum Gasteiger partial charge on any atom is 0.250 e. The molecule has 3 rings (SSSR count). The lowest BCUT2D eigenvalue weighted by molar-refractivity contribution is 0.100. The van der Waals surface area contributed by atoms with E-state index in [-0.39, 0.29) is 0 Å². The van der Waals surface area contributed by atoms with Gasteiger partial charge < -0.3 is 11.5 Å². The summed E-state index contributed by atoms with van der Waals surface area (Å²) in [6.45, 7) is 0. The lowest BCUT2D eigenvalue weighted by Gasteiger charge is -2.13. The molecule has 114 valence electrons. The van der Waals surface area contributed by atoms with Gasteiger partial charge in [-0.2, -0.15) is 0 Å². The molecule has 1 amide bonds. The van der Waals surface area contributed by atoms with Gasteiger partial charge in [-0.05, 0) is 41.0 Å². The average Bonchev–Trinajstić information content (AvgIpc) is 2.56. The number of anilines is 1. The Morgan fingerprint density at radius 2 is 1.48 bits per heavy atom. The third kappa shape index (κ3) is 3.05. The highest BCUT2D eigenvalue weighted by atomic mass is 35.5. The number of nitrogen functional groups attached to an aromatic ring is 1. The number of benzene rings is 3. The predicted octanol–water partition coefficient (Wildman–Crippen LogP) is 4.36. The van der Waals surface area contributed by atoms with E-state index >= 15 is 0 Å². The average molecular weight is 323 g/mol. The van der Waals surface area contributed by atoms with E-state index in [4.69, 9.17) is 23.1 Å². The van der Waals surface area contributed by atoms with Crippen molar-refractivity contribution in [2.75, 3.05) is 5.73 Å². The fraction of sp³-hybridized carbons (Fsp3) is 0. The topological polar surface area (TPSA) is 69.1 Å². The second-order valence-electron chi connectivity index (χ2n) is 5.22. The molecule has 0 aliphatic carbocycles. The number of nitrogens with two attached hydrogens (primary N) is 2. The molecule has 0 fully saturated rings. The van der Waals surface area contributed by atoms with E-state index in [1.807, 2.05) is 48.5 Å². The Kier molecular flexibility index (Phi) is 4.04. The lowest BCUT2D eigenvalue weighted by atomic mass is 9.94. The van der Waals surface area contributed by atoms with Crippen LogP contribution in [0.4, 0.5) is 5.69 Å². The number of carbonyl (C=O) groups excluding carboxylic acids is 1. The van der Waals surface area contributed by atoms with Crippen molar-refractivity contribution < 1.29 is 4.79 Å². The molecule has 0 aliphatic rings. The maximum absolute atomic E-state index is 11.8. The first-order chi connectivity index (χ1) is 11.1. The van der Waals surface area contributed by atoms with Gasteiger partial charge in [0.25, 0.3) is 5.91 Å². The Hall–Kier alpha value is -2.78. The molecule has 0 bridgehead atoms. The lowest BCUT2D eigenvalue weighted by Crippen LogP contribution is -2.14. The van der Waals surface area contributed by atoms with Gasteiger partial charge in [0, 0.05) is 10.6 Å². The smallest absolute Gasteiger partial charge is 0.250 e. The van der Waals surface area contributed by atoms with Crippen molar-refractivity contribution >= 4 is 23.2 Å². The molecule has 3 aromatic rings. The van der Waals surface area contributed by atoms with Crippen LogP contribution in [0.1, 0.15) is 10.4 Å². The van der Waals surface area contributed by atoms with Crippen molar-refractivity contribution in [3.63, 3.8) is 0 Å². The monoisotopic (exact) mass is 322 g/mol. The SMILES string of the molecule is NC(=O)c1cc(-c2ccc(Cl)cc2)cc(-c2ccccc2)c1N. The van der Waals surface area contributed by atoms with E-state index in [1.165, 1.54) is 0 Å². The zero-order valence-corrected chi connectivity index (χ0v) is 13.0. The van der Waals surface area contributed by atoms with Crippen LogP contribution in [-0.4, -0.2) is 5.91 Å². The third-order valence-electron chi connectivity index (χ3n) is 3.71. The molecule has 0 radical (unpaired) electrons. The molecule has 3 nitrogen and oxygen atoms in total. The Bertz CT molecular complexity index is 859. The van der Waals surface area contributed by atoms with E-state index in [0.717, 1.165) is 22.3 Å². The van der Waals surface area contributed by atoms with Crippen LogP contribution < -0.4 is 11.5 Å². The highest BCUT2D eigenvalue weighted by Crippen LogP contribution is 2.34.